The lowest BCUT2D eigenvalue weighted by atomic mass is 9.92. The van der Waals surface area contributed by atoms with Crippen LogP contribution >= 0.6 is 0 Å². The summed E-state index contributed by atoms with van der Waals surface area (Å²) in [6.45, 7) is 9.40. The minimum atomic E-state index is -0.688. The minimum absolute atomic E-state index is 0.00684. The number of nitrogens with zero attached hydrogens (tertiary/aromatic N) is 5. The van der Waals surface area contributed by atoms with Gasteiger partial charge in [0, 0.05) is 24.9 Å². The van der Waals surface area contributed by atoms with Gasteiger partial charge >= 0.3 is 5.97 Å². The molecule has 44 heavy (non-hydrogen) atoms. The Hall–Kier alpha value is -4.29. The summed E-state index contributed by atoms with van der Waals surface area (Å²) in [7, 11) is 0. The first kappa shape index (κ1) is 31.1. The van der Waals surface area contributed by atoms with Crippen LogP contribution < -0.4 is 5.56 Å². The van der Waals surface area contributed by atoms with Crippen molar-refractivity contribution in [3.63, 3.8) is 0 Å². The molecule has 4 aromatic rings. The predicted molar refractivity (Wildman–Crippen MR) is 168 cm³/mol. The van der Waals surface area contributed by atoms with Crippen LogP contribution in [-0.2, 0) is 27.1 Å². The zero-order valence-corrected chi connectivity index (χ0v) is 26.3. The maximum Gasteiger partial charge on any atom is 0.303 e. The lowest BCUT2D eigenvalue weighted by Gasteiger charge is -2.33. The van der Waals surface area contributed by atoms with Crippen LogP contribution in [0.5, 0.6) is 0 Å². The van der Waals surface area contributed by atoms with E-state index in [1.54, 1.807) is 0 Å². The van der Waals surface area contributed by atoms with Crippen molar-refractivity contribution in [3.05, 3.63) is 87.1 Å². The van der Waals surface area contributed by atoms with E-state index in [-0.39, 0.29) is 23.7 Å². The van der Waals surface area contributed by atoms with E-state index in [0.717, 1.165) is 66.5 Å². The summed E-state index contributed by atoms with van der Waals surface area (Å²) in [6, 6.07) is 17.9. The summed E-state index contributed by atoms with van der Waals surface area (Å²) >= 11 is 0. The zero-order chi connectivity index (χ0) is 31.4. The van der Waals surface area contributed by atoms with Gasteiger partial charge in [0.15, 0.2) is 0 Å². The number of aromatic nitrogens is 4. The Balaban J connectivity index is 1.43. The molecule has 9 heteroatoms. The highest BCUT2D eigenvalue weighted by Gasteiger charge is 2.30. The third-order valence-electron chi connectivity index (χ3n) is 8.27. The number of hydrogen-bond acceptors (Lipinski definition) is 7. The van der Waals surface area contributed by atoms with Crippen LogP contribution in [0.2, 0.25) is 0 Å². The van der Waals surface area contributed by atoms with Crippen LogP contribution in [0.1, 0.15) is 94.0 Å². The van der Waals surface area contributed by atoms with Crippen LogP contribution in [0, 0.1) is 18.3 Å². The molecule has 0 unspecified atom stereocenters. The van der Waals surface area contributed by atoms with Gasteiger partial charge in [-0.15, -0.1) is 0 Å². The van der Waals surface area contributed by atoms with E-state index in [2.05, 4.69) is 13.0 Å². The zero-order valence-electron chi connectivity index (χ0n) is 26.3. The first-order chi connectivity index (χ1) is 21.1. The summed E-state index contributed by atoms with van der Waals surface area (Å²) in [5.41, 5.74) is 4.48. The molecular weight excluding hydrogens is 554 g/mol. The highest BCUT2D eigenvalue weighted by atomic mass is 16.6. The number of carbonyl (C=O) groups excluding carboxylic acids is 1. The van der Waals surface area contributed by atoms with Crippen molar-refractivity contribution >= 4 is 11.7 Å². The van der Waals surface area contributed by atoms with Crippen LogP contribution in [-0.4, -0.2) is 43.4 Å². The number of aryl methyl sites for hydroxylation is 2. The van der Waals surface area contributed by atoms with E-state index in [0.29, 0.717) is 30.2 Å². The molecule has 9 nitrogen and oxygen atoms in total. The molecule has 0 spiro atoms. The summed E-state index contributed by atoms with van der Waals surface area (Å²) in [6.07, 6.45) is 5.26. The van der Waals surface area contributed by atoms with Crippen molar-refractivity contribution in [1.29, 1.82) is 5.26 Å². The monoisotopic (exact) mass is 595 g/mol. The van der Waals surface area contributed by atoms with Crippen LogP contribution in [0.15, 0.2) is 53.3 Å². The molecule has 2 heterocycles. The van der Waals surface area contributed by atoms with Gasteiger partial charge in [0.25, 0.3) is 5.56 Å². The molecule has 230 valence electrons. The summed E-state index contributed by atoms with van der Waals surface area (Å²) in [5.74, 6) is 0.915. The lowest BCUT2D eigenvalue weighted by molar-refractivity contribution is -0.162. The molecule has 1 fully saturated rings. The van der Waals surface area contributed by atoms with Crippen LogP contribution in [0.4, 0.5) is 0 Å². The molecule has 1 saturated carbocycles. The molecule has 0 saturated heterocycles. The molecule has 0 atom stereocenters. The lowest BCUT2D eigenvalue weighted by Crippen LogP contribution is -2.37. The molecule has 0 aliphatic heterocycles. The highest BCUT2D eigenvalue weighted by Crippen LogP contribution is 2.32. The number of benzene rings is 2. The highest BCUT2D eigenvalue weighted by molar-refractivity contribution is 5.70. The van der Waals surface area contributed by atoms with Gasteiger partial charge in [-0.1, -0.05) is 55.8 Å². The van der Waals surface area contributed by atoms with Crippen LogP contribution in [0.25, 0.3) is 16.9 Å². The third-order valence-corrected chi connectivity index (χ3v) is 8.27. The van der Waals surface area contributed by atoms with E-state index in [4.69, 9.17) is 19.6 Å². The molecule has 1 aliphatic carbocycles. The van der Waals surface area contributed by atoms with E-state index < -0.39 is 5.60 Å². The van der Waals surface area contributed by atoms with Gasteiger partial charge in [0.2, 0.25) is 5.78 Å². The quantitative estimate of drug-likeness (QED) is 0.203. The van der Waals surface area contributed by atoms with Crippen molar-refractivity contribution in [1.82, 2.24) is 19.2 Å². The second-order valence-corrected chi connectivity index (χ2v) is 12.3. The third kappa shape index (κ3) is 6.76. The SMILES string of the molecule is CCCc1c(Cc2ccc(-c3ccccc3C#N)cc2)c(=O)n([C@H]2CC[C@H](OCC(C)(C)OC(C)=O)CC2)c2nc(C)nn12. The molecule has 0 N–H and O–H groups in total. The fraction of sp³-hybridized carbons (Fsp3) is 0.457. The molecule has 0 bridgehead atoms. The molecular formula is C35H41N5O4. The average Bonchev–Trinajstić information content (AvgIpc) is 3.39. The van der Waals surface area contributed by atoms with Crippen LogP contribution in [0.3, 0.4) is 0 Å². The maximum atomic E-state index is 14.4. The maximum absolute atomic E-state index is 14.4. The van der Waals surface area contributed by atoms with Crippen molar-refractivity contribution in [2.75, 3.05) is 6.61 Å². The van der Waals surface area contributed by atoms with Gasteiger partial charge in [0.05, 0.1) is 30.0 Å². The molecule has 2 aromatic heterocycles. The van der Waals surface area contributed by atoms with Crippen molar-refractivity contribution in [3.8, 4) is 17.2 Å². The predicted octanol–water partition coefficient (Wildman–Crippen LogP) is 6.12. The van der Waals surface area contributed by atoms with E-state index in [1.807, 2.05) is 78.4 Å². The number of hydrogen-bond donors (Lipinski definition) is 0. The van der Waals surface area contributed by atoms with Gasteiger partial charge in [-0.25, -0.2) is 4.52 Å². The average molecular weight is 596 g/mol. The fourth-order valence-corrected chi connectivity index (χ4v) is 6.27. The number of nitriles is 1. The number of ether oxygens (including phenoxy) is 2. The summed E-state index contributed by atoms with van der Waals surface area (Å²) < 4.78 is 15.3. The Morgan fingerprint density at radius 3 is 2.45 bits per heavy atom. The smallest absolute Gasteiger partial charge is 0.303 e. The van der Waals surface area contributed by atoms with Crippen molar-refractivity contribution in [2.45, 2.75) is 97.3 Å². The van der Waals surface area contributed by atoms with Gasteiger partial charge in [0.1, 0.15) is 11.4 Å². The van der Waals surface area contributed by atoms with Crippen molar-refractivity contribution in [2.24, 2.45) is 0 Å². The summed E-state index contributed by atoms with van der Waals surface area (Å²) in [4.78, 5) is 30.5. The standard InChI is InChI=1S/C35H41N5O4/c1-6-9-32-31(20-25-12-14-26(15-13-25)30-11-8-7-10-27(30)21-36)33(42)39(34-37-23(2)38-40(32)34)28-16-18-29(19-17-28)43-22-35(4,5)44-24(3)41/h7-8,10-15,28-29H,6,9,16-20,22H2,1-5H3/t28-,29-. The van der Waals surface area contributed by atoms with Gasteiger partial charge in [-0.05, 0) is 75.6 Å². The van der Waals surface area contributed by atoms with Gasteiger partial charge < -0.3 is 9.47 Å². The number of carbonyl (C=O) groups is 1. The van der Waals surface area contributed by atoms with E-state index >= 15 is 0 Å². The largest absolute Gasteiger partial charge is 0.457 e. The molecule has 2 aromatic carbocycles. The second kappa shape index (κ2) is 13.1. The Bertz CT molecular complexity index is 1740. The molecule has 5 rings (SSSR count). The van der Waals surface area contributed by atoms with Gasteiger partial charge in [-0.3, -0.25) is 14.2 Å². The number of rotatable bonds is 10. The summed E-state index contributed by atoms with van der Waals surface area (Å²) in [5, 5.41) is 14.3. The van der Waals surface area contributed by atoms with E-state index in [1.165, 1.54) is 6.92 Å². The first-order valence-electron chi connectivity index (χ1n) is 15.5. The first-order valence-corrected chi connectivity index (χ1v) is 15.5. The number of esters is 1. The normalized spacial score (nSPS) is 17.0. The minimum Gasteiger partial charge on any atom is -0.457 e. The molecule has 0 amide bonds. The topological polar surface area (TPSA) is 112 Å². The number of fused-ring (bicyclic) bond motifs is 1. The Morgan fingerprint density at radius 1 is 1.09 bits per heavy atom. The Kier molecular flexibility index (Phi) is 9.31. The fourth-order valence-electron chi connectivity index (χ4n) is 6.27. The Labute approximate surface area is 258 Å². The molecule has 1 aliphatic rings. The second-order valence-electron chi connectivity index (χ2n) is 12.3. The molecule has 0 radical (unpaired) electrons. The van der Waals surface area contributed by atoms with E-state index in [9.17, 15) is 14.9 Å². The Morgan fingerprint density at radius 2 is 1.80 bits per heavy atom. The van der Waals surface area contributed by atoms with Crippen molar-refractivity contribution < 1.29 is 14.3 Å². The van der Waals surface area contributed by atoms with Gasteiger partial charge in [-0.2, -0.15) is 15.3 Å².